The quantitative estimate of drug-likeness (QED) is 0.603. The number of carbonyl (C=O) groups is 1. The SMILES string of the molecule is CC(=O)c1cccc(I)c1C(F)F. The van der Waals surface area contributed by atoms with Crippen LogP contribution in [0.2, 0.25) is 0 Å². The first-order valence-electron chi connectivity index (χ1n) is 3.61. The number of hydrogen-bond acceptors (Lipinski definition) is 1. The van der Waals surface area contributed by atoms with E-state index >= 15 is 0 Å². The molecule has 0 aliphatic heterocycles. The lowest BCUT2D eigenvalue weighted by molar-refractivity contribution is 0.0998. The van der Waals surface area contributed by atoms with Crippen LogP contribution in [0, 0.1) is 3.57 Å². The largest absolute Gasteiger partial charge is 0.294 e. The van der Waals surface area contributed by atoms with Gasteiger partial charge in [0.25, 0.3) is 6.43 Å². The molecule has 1 aromatic carbocycles. The zero-order chi connectivity index (χ0) is 10.0. The van der Waals surface area contributed by atoms with Crippen LogP contribution in [-0.2, 0) is 0 Å². The zero-order valence-electron chi connectivity index (χ0n) is 6.85. The van der Waals surface area contributed by atoms with Gasteiger partial charge in [-0.1, -0.05) is 12.1 Å². The molecule has 0 atom stereocenters. The predicted molar refractivity (Wildman–Crippen MR) is 54.1 cm³/mol. The van der Waals surface area contributed by atoms with Gasteiger partial charge in [0.1, 0.15) is 0 Å². The molecular weight excluding hydrogens is 289 g/mol. The van der Waals surface area contributed by atoms with E-state index in [1.54, 1.807) is 34.7 Å². The van der Waals surface area contributed by atoms with Crippen LogP contribution in [0.5, 0.6) is 0 Å². The molecule has 0 fully saturated rings. The lowest BCUT2D eigenvalue weighted by atomic mass is 10.1. The van der Waals surface area contributed by atoms with Gasteiger partial charge in [-0.15, -0.1) is 0 Å². The first-order chi connectivity index (χ1) is 6.04. The highest BCUT2D eigenvalue weighted by Gasteiger charge is 2.18. The van der Waals surface area contributed by atoms with E-state index in [4.69, 9.17) is 0 Å². The van der Waals surface area contributed by atoms with Crippen molar-refractivity contribution < 1.29 is 13.6 Å². The number of alkyl halides is 2. The third-order valence-electron chi connectivity index (χ3n) is 1.65. The highest BCUT2D eigenvalue weighted by Crippen LogP contribution is 2.28. The number of rotatable bonds is 2. The molecule has 0 saturated heterocycles. The van der Waals surface area contributed by atoms with Crippen molar-refractivity contribution in [3.63, 3.8) is 0 Å². The van der Waals surface area contributed by atoms with E-state index in [0.29, 0.717) is 3.57 Å². The Morgan fingerprint density at radius 1 is 1.46 bits per heavy atom. The van der Waals surface area contributed by atoms with Crippen LogP contribution in [0.15, 0.2) is 18.2 Å². The van der Waals surface area contributed by atoms with Gasteiger partial charge >= 0.3 is 0 Å². The Balaban J connectivity index is 3.34. The second-order valence-corrected chi connectivity index (χ2v) is 3.72. The van der Waals surface area contributed by atoms with Crippen molar-refractivity contribution in [2.75, 3.05) is 0 Å². The number of benzene rings is 1. The third kappa shape index (κ3) is 2.24. The predicted octanol–water partition coefficient (Wildman–Crippen LogP) is 3.43. The Bertz CT molecular complexity index is 336. The van der Waals surface area contributed by atoms with Crippen molar-refractivity contribution in [1.82, 2.24) is 0 Å². The molecule has 0 aliphatic rings. The summed E-state index contributed by atoms with van der Waals surface area (Å²) in [7, 11) is 0. The van der Waals surface area contributed by atoms with E-state index < -0.39 is 6.43 Å². The number of Topliss-reactive ketones (excluding diaryl/α,β-unsaturated/α-hetero) is 1. The Morgan fingerprint density at radius 3 is 2.46 bits per heavy atom. The summed E-state index contributed by atoms with van der Waals surface area (Å²) in [5, 5.41) is 0. The van der Waals surface area contributed by atoms with Gasteiger partial charge in [0, 0.05) is 14.7 Å². The van der Waals surface area contributed by atoms with E-state index in [2.05, 4.69) is 0 Å². The molecule has 4 heteroatoms. The minimum absolute atomic E-state index is 0.113. The van der Waals surface area contributed by atoms with Crippen molar-refractivity contribution in [2.24, 2.45) is 0 Å². The number of halogens is 3. The second-order valence-electron chi connectivity index (χ2n) is 2.56. The fraction of sp³-hybridized carbons (Fsp3) is 0.222. The molecule has 0 N–H and O–H groups in total. The van der Waals surface area contributed by atoms with Gasteiger partial charge in [-0.05, 0) is 35.6 Å². The first-order valence-corrected chi connectivity index (χ1v) is 4.69. The average molecular weight is 296 g/mol. The highest BCUT2D eigenvalue weighted by atomic mass is 127. The van der Waals surface area contributed by atoms with Crippen LogP contribution in [-0.4, -0.2) is 5.78 Å². The molecule has 0 aliphatic carbocycles. The topological polar surface area (TPSA) is 17.1 Å². The average Bonchev–Trinajstić information content (AvgIpc) is 2.02. The fourth-order valence-electron chi connectivity index (χ4n) is 1.07. The molecule has 0 spiro atoms. The molecule has 0 saturated carbocycles. The molecule has 0 amide bonds. The summed E-state index contributed by atoms with van der Waals surface area (Å²) in [6.07, 6.45) is -2.59. The smallest absolute Gasteiger partial charge is 0.265 e. The Hall–Kier alpha value is -0.520. The van der Waals surface area contributed by atoms with E-state index in [1.807, 2.05) is 0 Å². The van der Waals surface area contributed by atoms with E-state index in [1.165, 1.54) is 13.0 Å². The normalized spacial score (nSPS) is 10.5. The van der Waals surface area contributed by atoms with Crippen molar-refractivity contribution in [3.05, 3.63) is 32.9 Å². The van der Waals surface area contributed by atoms with Crippen molar-refractivity contribution in [1.29, 1.82) is 0 Å². The van der Waals surface area contributed by atoms with Crippen LogP contribution in [0.25, 0.3) is 0 Å². The van der Waals surface area contributed by atoms with Crippen molar-refractivity contribution in [2.45, 2.75) is 13.3 Å². The molecule has 13 heavy (non-hydrogen) atoms. The standard InChI is InChI=1S/C9H7F2IO/c1-5(13)6-3-2-4-7(12)8(6)9(10)11/h2-4,9H,1H3. The van der Waals surface area contributed by atoms with E-state index in [0.717, 1.165) is 0 Å². The van der Waals surface area contributed by atoms with Gasteiger partial charge in [-0.25, -0.2) is 8.78 Å². The minimum Gasteiger partial charge on any atom is -0.294 e. The number of hydrogen-bond donors (Lipinski definition) is 0. The molecule has 1 aromatic rings. The van der Waals surface area contributed by atoms with Gasteiger partial charge in [-0.3, -0.25) is 4.79 Å². The Kier molecular flexibility index (Phi) is 3.35. The summed E-state index contributed by atoms with van der Waals surface area (Å²) >= 11 is 1.80. The van der Waals surface area contributed by atoms with Crippen LogP contribution >= 0.6 is 22.6 Å². The lowest BCUT2D eigenvalue weighted by Crippen LogP contribution is -2.02. The zero-order valence-corrected chi connectivity index (χ0v) is 9.01. The fourth-order valence-corrected chi connectivity index (χ4v) is 1.80. The van der Waals surface area contributed by atoms with Gasteiger partial charge in [0.05, 0.1) is 0 Å². The van der Waals surface area contributed by atoms with E-state index in [-0.39, 0.29) is 16.9 Å². The first kappa shape index (κ1) is 10.6. The molecule has 70 valence electrons. The summed E-state index contributed by atoms with van der Waals surface area (Å²) in [6.45, 7) is 1.29. The molecular formula is C9H7F2IO. The molecule has 0 bridgehead atoms. The summed E-state index contributed by atoms with van der Waals surface area (Å²) in [4.78, 5) is 11.0. The maximum atomic E-state index is 12.5. The molecule has 0 heterocycles. The van der Waals surface area contributed by atoms with Crippen LogP contribution in [0.3, 0.4) is 0 Å². The monoisotopic (exact) mass is 296 g/mol. The van der Waals surface area contributed by atoms with Gasteiger partial charge in [0.15, 0.2) is 5.78 Å². The Labute approximate surface area is 88.3 Å². The van der Waals surface area contributed by atoms with Crippen molar-refractivity contribution >= 4 is 28.4 Å². The van der Waals surface area contributed by atoms with Crippen molar-refractivity contribution in [3.8, 4) is 0 Å². The van der Waals surface area contributed by atoms with Gasteiger partial charge in [-0.2, -0.15) is 0 Å². The summed E-state index contributed by atoms with van der Waals surface area (Å²) in [6, 6.07) is 4.59. The Morgan fingerprint density at radius 2 is 2.08 bits per heavy atom. The summed E-state index contributed by atoms with van der Waals surface area (Å²) in [5.41, 5.74) is -0.0440. The molecule has 1 nitrogen and oxygen atoms in total. The maximum Gasteiger partial charge on any atom is 0.265 e. The molecule has 0 unspecified atom stereocenters. The molecule has 0 aromatic heterocycles. The van der Waals surface area contributed by atoms with Crippen LogP contribution in [0.1, 0.15) is 29.3 Å². The molecule has 1 rings (SSSR count). The summed E-state index contributed by atoms with van der Waals surface area (Å²) < 4.78 is 25.4. The maximum absolute atomic E-state index is 12.5. The lowest BCUT2D eigenvalue weighted by Gasteiger charge is -2.07. The summed E-state index contributed by atoms with van der Waals surface area (Å²) in [5.74, 6) is -0.325. The number of carbonyl (C=O) groups excluding carboxylic acids is 1. The minimum atomic E-state index is -2.59. The van der Waals surface area contributed by atoms with Crippen LogP contribution < -0.4 is 0 Å². The third-order valence-corrected chi connectivity index (χ3v) is 2.59. The van der Waals surface area contributed by atoms with Gasteiger partial charge in [0.2, 0.25) is 0 Å². The molecule has 0 radical (unpaired) electrons. The van der Waals surface area contributed by atoms with Crippen LogP contribution in [0.4, 0.5) is 8.78 Å². The second kappa shape index (κ2) is 4.13. The van der Waals surface area contributed by atoms with E-state index in [9.17, 15) is 13.6 Å². The van der Waals surface area contributed by atoms with Gasteiger partial charge < -0.3 is 0 Å². The highest BCUT2D eigenvalue weighted by molar-refractivity contribution is 14.1. The number of ketones is 1.